The minimum absolute atomic E-state index is 0.319. The molecule has 3 nitrogen and oxygen atoms in total. The summed E-state index contributed by atoms with van der Waals surface area (Å²) >= 11 is 6.57. The van der Waals surface area contributed by atoms with Gasteiger partial charge in [0.15, 0.2) is 11.5 Å². The Morgan fingerprint density at radius 2 is 0.618 bits per heavy atom. The van der Waals surface area contributed by atoms with Crippen LogP contribution in [0.1, 0.15) is 17.3 Å². The molecule has 0 aliphatic carbocycles. The Balaban J connectivity index is 0.922. The second kappa shape index (κ2) is 15.3. The van der Waals surface area contributed by atoms with Gasteiger partial charge in [-0.1, -0.05) is 182 Å². The molecule has 1 unspecified atom stereocenters. The molecule has 8 aromatic carbocycles. The predicted octanol–water partition coefficient (Wildman–Crippen LogP) is 13.3. The van der Waals surface area contributed by atoms with Crippen LogP contribution >= 0.6 is 11.6 Å². The fourth-order valence-corrected chi connectivity index (χ4v) is 7.34. The smallest absolute Gasteiger partial charge is 0.199 e. The van der Waals surface area contributed by atoms with E-state index in [1.807, 2.05) is 12.1 Å². The average Bonchev–Trinajstić information content (AvgIpc) is 3.27. The van der Waals surface area contributed by atoms with Crippen molar-refractivity contribution in [2.75, 3.05) is 0 Å². The fraction of sp³-hybridized carbons (Fsp3) is 0.0196. The largest absolute Gasteiger partial charge is 0.315 e. The van der Waals surface area contributed by atoms with E-state index in [9.17, 15) is 0 Å². The van der Waals surface area contributed by atoms with Crippen molar-refractivity contribution < 1.29 is 0 Å². The van der Waals surface area contributed by atoms with E-state index < -0.39 is 6.17 Å². The van der Waals surface area contributed by atoms with Crippen LogP contribution in [0.25, 0.3) is 66.8 Å². The van der Waals surface area contributed by atoms with Gasteiger partial charge in [0, 0.05) is 5.56 Å². The number of aliphatic imine (C=N–C) groups is 2. The zero-order chi connectivity index (χ0) is 37.0. The van der Waals surface area contributed by atoms with Gasteiger partial charge in [0.05, 0.1) is 0 Å². The number of nitrogens with zero attached hydrogens (tertiary/aromatic N) is 2. The minimum atomic E-state index is -0.451. The molecule has 1 N–H and O–H groups in total. The molecule has 0 saturated heterocycles. The Kier molecular flexibility index (Phi) is 9.44. The molecule has 0 radical (unpaired) electrons. The topological polar surface area (TPSA) is 36.8 Å². The molecule has 0 saturated carbocycles. The van der Waals surface area contributed by atoms with Crippen LogP contribution in [0.5, 0.6) is 0 Å². The maximum atomic E-state index is 6.57. The zero-order valence-corrected chi connectivity index (χ0v) is 30.7. The maximum absolute atomic E-state index is 6.57. The summed E-state index contributed by atoms with van der Waals surface area (Å²) < 4.78 is 0. The van der Waals surface area contributed by atoms with E-state index in [2.05, 4.69) is 204 Å². The highest BCUT2D eigenvalue weighted by Crippen LogP contribution is 2.33. The SMILES string of the molecule is ClC1=NC(c2ccc(-c3cccc(-c4cccc(-c5ccccc5)c4)c3)cc2)N=C(c2ccc(-c3cccc(-c4cccc(-c5ccccc5)c4)c3)cc2)N1. The summed E-state index contributed by atoms with van der Waals surface area (Å²) in [7, 11) is 0. The van der Waals surface area contributed by atoms with Gasteiger partial charge in [-0.15, -0.1) is 0 Å². The summed E-state index contributed by atoms with van der Waals surface area (Å²) in [5.74, 6) is 0.692. The number of hydrogen-bond acceptors (Lipinski definition) is 3. The van der Waals surface area contributed by atoms with Crippen LogP contribution in [-0.2, 0) is 0 Å². The Hall–Kier alpha value is -6.81. The number of rotatable bonds is 8. The van der Waals surface area contributed by atoms with Crippen molar-refractivity contribution in [2.24, 2.45) is 9.98 Å². The lowest BCUT2D eigenvalue weighted by atomic mass is 9.96. The molecule has 0 bridgehead atoms. The molecule has 1 aliphatic rings. The lowest BCUT2D eigenvalue weighted by Gasteiger charge is -2.19. The van der Waals surface area contributed by atoms with E-state index in [0.29, 0.717) is 11.1 Å². The van der Waals surface area contributed by atoms with Crippen LogP contribution in [-0.4, -0.2) is 11.1 Å². The van der Waals surface area contributed by atoms with Crippen molar-refractivity contribution >= 4 is 22.7 Å². The number of nitrogens with one attached hydrogen (secondary N) is 1. The Morgan fingerprint density at radius 3 is 1.02 bits per heavy atom. The van der Waals surface area contributed by atoms with Crippen LogP contribution in [0.2, 0.25) is 0 Å². The first-order valence-corrected chi connectivity index (χ1v) is 18.8. The molecular formula is C51H36ClN3. The number of amidine groups is 2. The van der Waals surface area contributed by atoms with Gasteiger partial charge in [0.1, 0.15) is 5.84 Å². The van der Waals surface area contributed by atoms with Crippen molar-refractivity contribution in [1.82, 2.24) is 5.32 Å². The second-order valence-corrected chi connectivity index (χ2v) is 14.0. The molecule has 1 heterocycles. The molecule has 0 spiro atoms. The summed E-state index contributed by atoms with van der Waals surface area (Å²) in [5, 5.41) is 3.50. The summed E-state index contributed by atoms with van der Waals surface area (Å²) in [6.07, 6.45) is -0.451. The van der Waals surface area contributed by atoms with Gasteiger partial charge in [-0.05, 0) is 108 Å². The first kappa shape index (κ1) is 34.0. The third-order valence-corrected chi connectivity index (χ3v) is 10.3. The van der Waals surface area contributed by atoms with Crippen molar-refractivity contribution in [3.05, 3.63) is 217 Å². The maximum Gasteiger partial charge on any atom is 0.199 e. The summed E-state index contributed by atoms with van der Waals surface area (Å²) in [5.41, 5.74) is 16.0. The molecule has 1 aliphatic heterocycles. The highest BCUT2D eigenvalue weighted by molar-refractivity contribution is 6.66. The van der Waals surface area contributed by atoms with E-state index in [4.69, 9.17) is 16.6 Å². The first-order valence-electron chi connectivity index (χ1n) is 18.4. The Morgan fingerprint density at radius 1 is 0.309 bits per heavy atom. The molecule has 0 aromatic heterocycles. The first-order chi connectivity index (χ1) is 27.1. The highest BCUT2D eigenvalue weighted by atomic mass is 35.5. The average molecular weight is 726 g/mol. The molecule has 8 aromatic rings. The summed E-state index contributed by atoms with van der Waals surface area (Å²) in [4.78, 5) is 9.62. The fourth-order valence-electron chi connectivity index (χ4n) is 7.16. The van der Waals surface area contributed by atoms with Crippen LogP contribution < -0.4 is 5.32 Å². The standard InChI is InChI=1S/C51H36ClN3/c52-51-54-49(39-27-23-37(24-28-39)43-17-9-21-47(33-43)45-19-7-15-41(31-45)35-11-3-1-4-12-35)53-50(55-51)40-29-25-38(26-30-40)44-18-10-22-48(34-44)46-20-8-16-42(32-46)36-13-5-2-6-14-36/h1-34,49H,(H,53,54,55). The van der Waals surface area contributed by atoms with E-state index >= 15 is 0 Å². The normalized spacial score (nSPS) is 13.7. The molecule has 1 atom stereocenters. The van der Waals surface area contributed by atoms with Crippen molar-refractivity contribution in [3.8, 4) is 66.8 Å². The van der Waals surface area contributed by atoms with Gasteiger partial charge >= 0.3 is 0 Å². The van der Waals surface area contributed by atoms with Gasteiger partial charge in [-0.25, -0.2) is 9.98 Å². The van der Waals surface area contributed by atoms with Gasteiger partial charge in [-0.3, -0.25) is 0 Å². The monoisotopic (exact) mass is 725 g/mol. The number of halogens is 1. The van der Waals surface area contributed by atoms with E-state index in [1.54, 1.807) is 0 Å². The third kappa shape index (κ3) is 7.52. The van der Waals surface area contributed by atoms with E-state index in [1.165, 1.54) is 44.5 Å². The summed E-state index contributed by atoms with van der Waals surface area (Å²) in [6, 6.07) is 72.7. The number of benzene rings is 8. The number of hydrogen-bond donors (Lipinski definition) is 1. The quantitative estimate of drug-likeness (QED) is 0.156. The molecule has 55 heavy (non-hydrogen) atoms. The molecule has 4 heteroatoms. The second-order valence-electron chi connectivity index (χ2n) is 13.7. The highest BCUT2D eigenvalue weighted by Gasteiger charge is 2.19. The lowest BCUT2D eigenvalue weighted by Crippen LogP contribution is -2.32. The zero-order valence-electron chi connectivity index (χ0n) is 30.0. The van der Waals surface area contributed by atoms with Gasteiger partial charge in [0.25, 0.3) is 0 Å². The van der Waals surface area contributed by atoms with Gasteiger partial charge in [0.2, 0.25) is 0 Å². The summed E-state index contributed by atoms with van der Waals surface area (Å²) in [6.45, 7) is 0. The van der Waals surface area contributed by atoms with Crippen LogP contribution in [0.4, 0.5) is 0 Å². The molecule has 0 fully saturated rings. The Labute approximate surface area is 327 Å². The molecular weight excluding hydrogens is 690 g/mol. The van der Waals surface area contributed by atoms with Crippen LogP contribution in [0, 0.1) is 0 Å². The van der Waals surface area contributed by atoms with Crippen LogP contribution in [0.3, 0.4) is 0 Å². The third-order valence-electron chi connectivity index (χ3n) is 10.1. The molecule has 0 amide bonds. The van der Waals surface area contributed by atoms with E-state index in [0.717, 1.165) is 33.4 Å². The van der Waals surface area contributed by atoms with Gasteiger partial charge in [-0.2, -0.15) is 0 Å². The molecule has 262 valence electrons. The predicted molar refractivity (Wildman–Crippen MR) is 231 cm³/mol. The minimum Gasteiger partial charge on any atom is -0.315 e. The lowest BCUT2D eigenvalue weighted by molar-refractivity contribution is 0.760. The van der Waals surface area contributed by atoms with Crippen LogP contribution in [0.15, 0.2) is 216 Å². The molecule has 9 rings (SSSR count). The van der Waals surface area contributed by atoms with Crippen molar-refractivity contribution in [2.45, 2.75) is 6.17 Å². The van der Waals surface area contributed by atoms with Crippen molar-refractivity contribution in [1.29, 1.82) is 0 Å². The van der Waals surface area contributed by atoms with Crippen molar-refractivity contribution in [3.63, 3.8) is 0 Å². The Bertz CT molecular complexity index is 2660. The van der Waals surface area contributed by atoms with E-state index in [-0.39, 0.29) is 0 Å². The van der Waals surface area contributed by atoms with Gasteiger partial charge < -0.3 is 5.32 Å².